The molecule has 120 valence electrons. The lowest BCUT2D eigenvalue weighted by molar-refractivity contribution is -0.123. The van der Waals surface area contributed by atoms with Crippen LogP contribution in [0.1, 0.15) is 42.1 Å². The Morgan fingerprint density at radius 2 is 2.00 bits per heavy atom. The normalized spacial score (nSPS) is 28.9. The van der Waals surface area contributed by atoms with E-state index in [1.165, 1.54) is 24.8 Å². The Hall–Kier alpha value is -2.17. The van der Waals surface area contributed by atoms with Gasteiger partial charge in [0.1, 0.15) is 11.4 Å². The lowest BCUT2D eigenvalue weighted by Gasteiger charge is -2.49. The Kier molecular flexibility index (Phi) is 3.63. The quantitative estimate of drug-likeness (QED) is 0.942. The number of rotatable bonds is 4. The largest absolute Gasteiger partial charge is 0.352 e. The van der Waals surface area contributed by atoms with Gasteiger partial charge in [-0.3, -0.25) is 4.79 Å². The minimum absolute atomic E-state index is 0.0140. The van der Waals surface area contributed by atoms with Gasteiger partial charge in [-0.05, 0) is 37.2 Å². The van der Waals surface area contributed by atoms with E-state index < -0.39 is 0 Å². The monoisotopic (exact) mass is 311 g/mol. The second-order valence-corrected chi connectivity index (χ2v) is 6.76. The van der Waals surface area contributed by atoms with Crippen LogP contribution in [0.15, 0.2) is 35.0 Å². The summed E-state index contributed by atoms with van der Waals surface area (Å²) in [4.78, 5) is 12.4. The van der Waals surface area contributed by atoms with E-state index >= 15 is 0 Å². The Morgan fingerprint density at radius 3 is 2.74 bits per heavy atom. The molecule has 0 unspecified atom stereocenters. The summed E-state index contributed by atoms with van der Waals surface area (Å²) in [5, 5.41) is 10.8. The molecule has 2 aliphatic rings. The van der Waals surface area contributed by atoms with Crippen molar-refractivity contribution in [3.63, 3.8) is 0 Å². The van der Waals surface area contributed by atoms with Crippen LogP contribution in [0.4, 0.5) is 0 Å². The number of carbonyl (C=O) groups is 1. The fourth-order valence-corrected chi connectivity index (χ4v) is 4.42. The van der Waals surface area contributed by atoms with Gasteiger partial charge in [-0.2, -0.15) is 0 Å². The molecular weight excluding hydrogens is 290 g/mol. The third-order valence-corrected chi connectivity index (χ3v) is 5.52. The molecular formula is C18H21N3O2. The van der Waals surface area contributed by atoms with Crippen LogP contribution in [0.3, 0.4) is 0 Å². The lowest BCUT2D eigenvalue weighted by atomic mass is 9.60. The molecule has 0 bridgehead atoms. The van der Waals surface area contributed by atoms with Crippen LogP contribution < -0.4 is 5.32 Å². The zero-order chi connectivity index (χ0) is 15.8. The van der Waals surface area contributed by atoms with Crippen molar-refractivity contribution in [3.05, 3.63) is 47.3 Å². The van der Waals surface area contributed by atoms with Gasteiger partial charge in [0.15, 0.2) is 0 Å². The fraction of sp³-hybridized carbons (Fsp3) is 0.500. The summed E-state index contributed by atoms with van der Waals surface area (Å²) in [6.45, 7) is 1.81. The van der Waals surface area contributed by atoms with Crippen LogP contribution in [0.5, 0.6) is 0 Å². The van der Waals surface area contributed by atoms with Gasteiger partial charge in [0.25, 0.3) is 0 Å². The number of nitrogens with one attached hydrogen (secondary N) is 1. The Morgan fingerprint density at radius 1 is 1.22 bits per heavy atom. The maximum absolute atomic E-state index is 12.4. The summed E-state index contributed by atoms with van der Waals surface area (Å²) in [5.41, 5.74) is 2.66. The predicted octanol–water partition coefficient (Wildman–Crippen LogP) is 2.62. The molecule has 2 aliphatic carbocycles. The van der Waals surface area contributed by atoms with Gasteiger partial charge in [-0.25, -0.2) is 4.63 Å². The van der Waals surface area contributed by atoms with Gasteiger partial charge in [-0.1, -0.05) is 47.1 Å². The topological polar surface area (TPSA) is 68.0 Å². The summed E-state index contributed by atoms with van der Waals surface area (Å²) in [6.07, 6.45) is 4.02. The second kappa shape index (κ2) is 5.80. The van der Waals surface area contributed by atoms with Crippen molar-refractivity contribution >= 4 is 5.91 Å². The maximum atomic E-state index is 12.4. The van der Waals surface area contributed by atoms with E-state index in [-0.39, 0.29) is 18.4 Å². The SMILES string of the molecule is Cc1nonc1CC(=O)N[C@@H]1[C@@H]2CCC[C@H]2[C@@H]1c1ccccc1. The van der Waals surface area contributed by atoms with Crippen molar-refractivity contribution in [1.29, 1.82) is 0 Å². The molecule has 4 rings (SSSR count). The number of carbonyl (C=O) groups excluding carboxylic acids is 1. The van der Waals surface area contributed by atoms with Crippen molar-refractivity contribution in [2.24, 2.45) is 11.8 Å². The predicted molar refractivity (Wildman–Crippen MR) is 84.7 cm³/mol. The number of aromatic nitrogens is 2. The summed E-state index contributed by atoms with van der Waals surface area (Å²) in [5.74, 6) is 1.81. The average Bonchev–Trinajstić information content (AvgIpc) is 3.14. The second-order valence-electron chi connectivity index (χ2n) is 6.76. The van der Waals surface area contributed by atoms with Crippen molar-refractivity contribution in [3.8, 4) is 0 Å². The molecule has 0 spiro atoms. The third kappa shape index (κ3) is 2.54. The first-order valence-electron chi connectivity index (χ1n) is 8.36. The van der Waals surface area contributed by atoms with Crippen LogP contribution in [0.2, 0.25) is 0 Å². The van der Waals surface area contributed by atoms with E-state index in [0.717, 1.165) is 5.92 Å². The summed E-state index contributed by atoms with van der Waals surface area (Å²) in [7, 11) is 0. The highest BCUT2D eigenvalue weighted by Gasteiger charge is 2.53. The molecule has 0 saturated heterocycles. The molecule has 5 heteroatoms. The summed E-state index contributed by atoms with van der Waals surface area (Å²) in [6, 6.07) is 10.8. The number of hydrogen-bond acceptors (Lipinski definition) is 4. The molecule has 1 aromatic carbocycles. The molecule has 5 nitrogen and oxygen atoms in total. The average molecular weight is 311 g/mol. The van der Waals surface area contributed by atoms with E-state index in [9.17, 15) is 4.79 Å². The van der Waals surface area contributed by atoms with E-state index in [1.54, 1.807) is 0 Å². The van der Waals surface area contributed by atoms with Gasteiger partial charge in [0, 0.05) is 12.0 Å². The van der Waals surface area contributed by atoms with Crippen molar-refractivity contribution < 1.29 is 9.42 Å². The van der Waals surface area contributed by atoms with Gasteiger partial charge in [0.2, 0.25) is 5.91 Å². The van der Waals surface area contributed by atoms with E-state index in [4.69, 9.17) is 0 Å². The molecule has 2 fully saturated rings. The Balaban J connectivity index is 1.48. The minimum Gasteiger partial charge on any atom is -0.352 e. The van der Waals surface area contributed by atoms with E-state index in [2.05, 4.69) is 44.5 Å². The number of benzene rings is 1. The molecule has 2 aromatic rings. The zero-order valence-corrected chi connectivity index (χ0v) is 13.2. The number of hydrogen-bond donors (Lipinski definition) is 1. The molecule has 1 amide bonds. The molecule has 1 heterocycles. The number of amides is 1. The molecule has 0 aliphatic heterocycles. The smallest absolute Gasteiger partial charge is 0.226 e. The number of nitrogens with zero attached hydrogens (tertiary/aromatic N) is 2. The highest BCUT2D eigenvalue weighted by atomic mass is 16.6. The fourth-order valence-electron chi connectivity index (χ4n) is 4.42. The van der Waals surface area contributed by atoms with Crippen LogP contribution in [0, 0.1) is 18.8 Å². The Labute approximate surface area is 135 Å². The highest BCUT2D eigenvalue weighted by Crippen LogP contribution is 2.55. The minimum atomic E-state index is 0.0140. The van der Waals surface area contributed by atoms with E-state index in [1.807, 2.05) is 13.0 Å². The molecule has 0 radical (unpaired) electrons. The van der Waals surface area contributed by atoms with Crippen molar-refractivity contribution in [2.45, 2.75) is 44.6 Å². The van der Waals surface area contributed by atoms with Crippen LogP contribution in [0.25, 0.3) is 0 Å². The molecule has 4 atom stereocenters. The lowest BCUT2D eigenvalue weighted by Crippen LogP contribution is -2.56. The first kappa shape index (κ1) is 14.4. The summed E-state index contributed by atoms with van der Waals surface area (Å²) >= 11 is 0. The summed E-state index contributed by atoms with van der Waals surface area (Å²) < 4.78 is 4.67. The van der Waals surface area contributed by atoms with Gasteiger partial charge < -0.3 is 5.32 Å². The molecule has 23 heavy (non-hydrogen) atoms. The number of aryl methyl sites for hydroxylation is 1. The van der Waals surface area contributed by atoms with Crippen LogP contribution >= 0.6 is 0 Å². The third-order valence-electron chi connectivity index (χ3n) is 5.52. The first-order valence-corrected chi connectivity index (χ1v) is 8.36. The molecule has 1 N–H and O–H groups in total. The zero-order valence-electron chi connectivity index (χ0n) is 13.2. The van der Waals surface area contributed by atoms with Gasteiger partial charge in [0.05, 0.1) is 6.42 Å². The standard InChI is InChI=1S/C18H21N3O2/c1-11-15(21-23-20-11)10-16(22)19-18-14-9-5-8-13(14)17(18)12-6-3-2-4-7-12/h2-4,6-7,13-14,17-18H,5,8-10H2,1H3,(H,19,22)/t13-,14-,17+,18-/m1/s1. The Bertz CT molecular complexity index is 697. The van der Waals surface area contributed by atoms with Crippen LogP contribution in [-0.2, 0) is 11.2 Å². The first-order chi connectivity index (χ1) is 11.2. The number of fused-ring (bicyclic) bond motifs is 1. The maximum Gasteiger partial charge on any atom is 0.226 e. The van der Waals surface area contributed by atoms with Gasteiger partial charge in [-0.15, -0.1) is 0 Å². The molecule has 2 saturated carbocycles. The van der Waals surface area contributed by atoms with Gasteiger partial charge >= 0.3 is 0 Å². The van der Waals surface area contributed by atoms with Crippen LogP contribution in [-0.4, -0.2) is 22.3 Å². The highest BCUT2D eigenvalue weighted by molar-refractivity contribution is 5.79. The molecule has 1 aromatic heterocycles. The van der Waals surface area contributed by atoms with Crippen molar-refractivity contribution in [1.82, 2.24) is 15.6 Å². The van der Waals surface area contributed by atoms with Crippen molar-refractivity contribution in [2.75, 3.05) is 0 Å². The van der Waals surface area contributed by atoms with E-state index in [0.29, 0.717) is 23.2 Å².